The van der Waals surface area contributed by atoms with Crippen molar-refractivity contribution < 1.29 is 18.0 Å². The molecule has 0 spiro atoms. The summed E-state index contributed by atoms with van der Waals surface area (Å²) in [7, 11) is -3.69. The van der Waals surface area contributed by atoms with Gasteiger partial charge in [-0.25, -0.2) is 13.1 Å². The highest BCUT2D eigenvalue weighted by Crippen LogP contribution is 2.23. The van der Waals surface area contributed by atoms with Crippen LogP contribution in [-0.4, -0.2) is 18.7 Å². The number of benzene rings is 1. The SMILES string of the molecule is O=S(=O)(NCc1ccon1)c1cc(CO)ccc1Br. The van der Waals surface area contributed by atoms with E-state index in [1.54, 1.807) is 18.2 Å². The molecule has 0 aliphatic rings. The predicted molar refractivity (Wildman–Crippen MR) is 70.6 cm³/mol. The molecule has 0 bridgehead atoms. The molecule has 0 saturated carbocycles. The lowest BCUT2D eigenvalue weighted by Crippen LogP contribution is -2.24. The monoisotopic (exact) mass is 346 g/mol. The lowest BCUT2D eigenvalue weighted by molar-refractivity contribution is 0.281. The zero-order valence-corrected chi connectivity index (χ0v) is 12.1. The van der Waals surface area contributed by atoms with Gasteiger partial charge in [0.1, 0.15) is 6.26 Å². The molecular weight excluding hydrogens is 336 g/mol. The Morgan fingerprint density at radius 2 is 2.16 bits per heavy atom. The number of nitrogens with one attached hydrogen (secondary N) is 1. The molecule has 2 rings (SSSR count). The van der Waals surface area contributed by atoms with Gasteiger partial charge in [-0.1, -0.05) is 11.2 Å². The van der Waals surface area contributed by atoms with E-state index in [4.69, 9.17) is 5.11 Å². The molecule has 0 aliphatic carbocycles. The van der Waals surface area contributed by atoms with Crippen molar-refractivity contribution in [3.05, 3.63) is 46.3 Å². The molecule has 0 fully saturated rings. The molecule has 1 heterocycles. The Balaban J connectivity index is 2.23. The summed E-state index contributed by atoms with van der Waals surface area (Å²) in [5, 5.41) is 12.7. The third-order valence-corrected chi connectivity index (χ3v) is 4.80. The minimum Gasteiger partial charge on any atom is -0.392 e. The van der Waals surface area contributed by atoms with E-state index in [0.717, 1.165) is 0 Å². The molecule has 19 heavy (non-hydrogen) atoms. The standard InChI is InChI=1S/C11H11BrN2O4S/c12-10-2-1-8(7-15)5-11(10)19(16,17)13-6-9-3-4-18-14-9/h1-5,13,15H,6-7H2. The van der Waals surface area contributed by atoms with Crippen molar-refractivity contribution in [2.75, 3.05) is 0 Å². The van der Waals surface area contributed by atoms with E-state index < -0.39 is 10.0 Å². The first-order valence-electron chi connectivity index (χ1n) is 5.31. The van der Waals surface area contributed by atoms with Gasteiger partial charge >= 0.3 is 0 Å². The van der Waals surface area contributed by atoms with Gasteiger partial charge in [0.05, 0.1) is 23.7 Å². The van der Waals surface area contributed by atoms with Crippen LogP contribution in [0.3, 0.4) is 0 Å². The summed E-state index contributed by atoms with van der Waals surface area (Å²) in [6.45, 7) is -0.187. The first-order valence-corrected chi connectivity index (χ1v) is 7.59. The van der Waals surface area contributed by atoms with Crippen LogP contribution in [0, 0.1) is 0 Å². The summed E-state index contributed by atoms with van der Waals surface area (Å²) >= 11 is 3.18. The largest absolute Gasteiger partial charge is 0.392 e. The van der Waals surface area contributed by atoms with Gasteiger partial charge in [-0.15, -0.1) is 0 Å². The summed E-state index contributed by atoms with van der Waals surface area (Å²) in [5.74, 6) is 0. The van der Waals surface area contributed by atoms with Crippen molar-refractivity contribution in [2.45, 2.75) is 18.0 Å². The fraction of sp³-hybridized carbons (Fsp3) is 0.182. The average molecular weight is 347 g/mol. The molecule has 0 saturated heterocycles. The first kappa shape index (κ1) is 14.2. The molecule has 0 aliphatic heterocycles. The number of hydrogen-bond acceptors (Lipinski definition) is 5. The molecule has 0 radical (unpaired) electrons. The Bertz CT molecular complexity index is 655. The molecule has 2 N–H and O–H groups in total. The molecule has 102 valence electrons. The third-order valence-electron chi connectivity index (χ3n) is 2.40. The number of halogens is 1. The van der Waals surface area contributed by atoms with E-state index in [0.29, 0.717) is 15.7 Å². The van der Waals surface area contributed by atoms with Crippen LogP contribution in [-0.2, 0) is 23.2 Å². The van der Waals surface area contributed by atoms with E-state index in [9.17, 15) is 8.42 Å². The Morgan fingerprint density at radius 3 is 2.79 bits per heavy atom. The molecule has 6 nitrogen and oxygen atoms in total. The number of aromatic nitrogens is 1. The maximum absolute atomic E-state index is 12.1. The molecule has 0 atom stereocenters. The second-order valence-corrected chi connectivity index (χ2v) is 6.33. The Kier molecular flexibility index (Phi) is 4.35. The zero-order chi connectivity index (χ0) is 13.9. The van der Waals surface area contributed by atoms with Crippen LogP contribution in [0.1, 0.15) is 11.3 Å². The minimum atomic E-state index is -3.69. The highest BCUT2D eigenvalue weighted by molar-refractivity contribution is 9.10. The van der Waals surface area contributed by atoms with E-state index in [1.807, 2.05) is 0 Å². The number of hydrogen-bond donors (Lipinski definition) is 2. The third kappa shape index (κ3) is 3.41. The van der Waals surface area contributed by atoms with Gasteiger partial charge in [-0.05, 0) is 33.6 Å². The smallest absolute Gasteiger partial charge is 0.242 e. The van der Waals surface area contributed by atoms with Crippen LogP contribution in [0.4, 0.5) is 0 Å². The van der Waals surface area contributed by atoms with Gasteiger partial charge in [0.25, 0.3) is 0 Å². The van der Waals surface area contributed by atoms with E-state index in [2.05, 4.69) is 30.3 Å². The Morgan fingerprint density at radius 1 is 1.37 bits per heavy atom. The normalized spacial score (nSPS) is 11.7. The van der Waals surface area contributed by atoms with Gasteiger partial charge in [0.15, 0.2) is 0 Å². The summed E-state index contributed by atoms with van der Waals surface area (Å²) < 4.78 is 31.7. The highest BCUT2D eigenvalue weighted by atomic mass is 79.9. The number of aliphatic hydroxyl groups excluding tert-OH is 1. The average Bonchev–Trinajstić information content (AvgIpc) is 2.90. The molecule has 1 aromatic heterocycles. The Hall–Kier alpha value is -1.22. The maximum atomic E-state index is 12.1. The van der Waals surface area contributed by atoms with Crippen LogP contribution in [0.5, 0.6) is 0 Å². The zero-order valence-electron chi connectivity index (χ0n) is 9.71. The summed E-state index contributed by atoms with van der Waals surface area (Å²) in [6, 6.07) is 6.20. The van der Waals surface area contributed by atoms with Crippen LogP contribution in [0.2, 0.25) is 0 Å². The lowest BCUT2D eigenvalue weighted by atomic mass is 10.2. The Labute approximate surface area is 118 Å². The summed E-state index contributed by atoms with van der Waals surface area (Å²) in [5.41, 5.74) is 1.00. The molecule has 1 aromatic carbocycles. The van der Waals surface area contributed by atoms with Gasteiger partial charge in [0.2, 0.25) is 10.0 Å². The van der Waals surface area contributed by atoms with Crippen LogP contribution < -0.4 is 4.72 Å². The second-order valence-electron chi connectivity index (χ2n) is 3.74. The van der Waals surface area contributed by atoms with E-state index in [-0.39, 0.29) is 18.0 Å². The molecule has 8 heteroatoms. The van der Waals surface area contributed by atoms with Gasteiger partial charge < -0.3 is 9.63 Å². The van der Waals surface area contributed by atoms with Gasteiger partial charge in [0, 0.05) is 10.5 Å². The molecular formula is C11H11BrN2O4S. The van der Waals surface area contributed by atoms with Crippen LogP contribution >= 0.6 is 15.9 Å². The first-order chi connectivity index (χ1) is 9.03. The van der Waals surface area contributed by atoms with Crippen LogP contribution in [0.25, 0.3) is 0 Å². The van der Waals surface area contributed by atoms with Crippen molar-refractivity contribution in [1.29, 1.82) is 0 Å². The maximum Gasteiger partial charge on any atom is 0.242 e. The molecule has 0 unspecified atom stereocenters. The minimum absolute atomic E-state index is 0.0363. The van der Waals surface area contributed by atoms with Gasteiger partial charge in [-0.2, -0.15) is 0 Å². The lowest BCUT2D eigenvalue weighted by Gasteiger charge is -2.08. The molecule has 0 amide bonds. The van der Waals surface area contributed by atoms with E-state index in [1.165, 1.54) is 12.3 Å². The predicted octanol–water partition coefficient (Wildman–Crippen LogP) is 1.41. The van der Waals surface area contributed by atoms with Gasteiger partial charge in [-0.3, -0.25) is 0 Å². The van der Waals surface area contributed by atoms with Crippen molar-refractivity contribution in [2.24, 2.45) is 0 Å². The fourth-order valence-electron chi connectivity index (χ4n) is 1.43. The number of sulfonamides is 1. The van der Waals surface area contributed by atoms with Crippen molar-refractivity contribution in [1.82, 2.24) is 9.88 Å². The quantitative estimate of drug-likeness (QED) is 0.853. The highest BCUT2D eigenvalue weighted by Gasteiger charge is 2.18. The summed E-state index contributed by atoms with van der Waals surface area (Å²) in [4.78, 5) is 0.0718. The number of nitrogens with zero attached hydrogens (tertiary/aromatic N) is 1. The molecule has 2 aromatic rings. The van der Waals surface area contributed by atoms with Crippen LogP contribution in [0.15, 0.2) is 44.4 Å². The van der Waals surface area contributed by atoms with Crippen molar-refractivity contribution in [3.63, 3.8) is 0 Å². The topological polar surface area (TPSA) is 92.4 Å². The fourth-order valence-corrected chi connectivity index (χ4v) is 3.44. The van der Waals surface area contributed by atoms with Crippen molar-refractivity contribution >= 4 is 26.0 Å². The second kappa shape index (κ2) is 5.83. The van der Waals surface area contributed by atoms with Crippen molar-refractivity contribution in [3.8, 4) is 0 Å². The number of rotatable bonds is 5. The van der Waals surface area contributed by atoms with E-state index >= 15 is 0 Å². The number of aliphatic hydroxyl groups is 1. The summed E-state index contributed by atoms with van der Waals surface area (Å²) in [6.07, 6.45) is 1.37.